The molecule has 1 unspecified atom stereocenters. The van der Waals surface area contributed by atoms with Gasteiger partial charge in [0, 0.05) is 19.7 Å². The lowest BCUT2D eigenvalue weighted by Gasteiger charge is -2.10. The number of nitrogens with one attached hydrogen (secondary N) is 1. The summed E-state index contributed by atoms with van der Waals surface area (Å²) in [5.74, 6) is 0.367. The third-order valence-corrected chi connectivity index (χ3v) is 4.88. The maximum absolute atomic E-state index is 11.5. The van der Waals surface area contributed by atoms with E-state index in [1.807, 2.05) is 0 Å². The molecule has 4 nitrogen and oxygen atoms in total. The molecule has 1 fully saturated rings. The Morgan fingerprint density at radius 2 is 2.20 bits per heavy atom. The van der Waals surface area contributed by atoms with Crippen LogP contribution in [0.4, 0.5) is 0 Å². The molecule has 0 aliphatic carbocycles. The molecule has 0 aromatic carbocycles. The number of rotatable bonds is 7. The van der Waals surface area contributed by atoms with Gasteiger partial charge in [-0.05, 0) is 19.3 Å². The number of hydrogen-bond donors (Lipinski definition) is 1. The molecule has 1 aliphatic rings. The van der Waals surface area contributed by atoms with E-state index in [-0.39, 0.29) is 5.25 Å². The highest BCUT2D eigenvalue weighted by Crippen LogP contribution is 2.18. The zero-order chi connectivity index (χ0) is 11.1. The van der Waals surface area contributed by atoms with Crippen molar-refractivity contribution in [2.24, 2.45) is 0 Å². The molecule has 1 rings (SSSR count). The summed E-state index contributed by atoms with van der Waals surface area (Å²) in [5.41, 5.74) is 0. The minimum absolute atomic E-state index is 0.163. The van der Waals surface area contributed by atoms with E-state index < -0.39 is 9.84 Å². The number of ether oxygens (including phenoxy) is 1. The third-order valence-electron chi connectivity index (χ3n) is 2.61. The Bertz CT molecular complexity index is 264. The van der Waals surface area contributed by atoms with E-state index in [1.165, 1.54) is 0 Å². The van der Waals surface area contributed by atoms with Crippen molar-refractivity contribution in [2.75, 3.05) is 32.1 Å². The topological polar surface area (TPSA) is 55.4 Å². The lowest BCUT2D eigenvalue weighted by atomic mass is 10.2. The van der Waals surface area contributed by atoms with Crippen molar-refractivity contribution >= 4 is 9.84 Å². The summed E-state index contributed by atoms with van der Waals surface area (Å²) in [6.45, 7) is 4.84. The zero-order valence-corrected chi connectivity index (χ0v) is 10.2. The smallest absolute Gasteiger partial charge is 0.154 e. The summed E-state index contributed by atoms with van der Waals surface area (Å²) in [6.07, 6.45) is 2.66. The van der Waals surface area contributed by atoms with Crippen LogP contribution < -0.4 is 5.32 Å². The van der Waals surface area contributed by atoms with E-state index in [4.69, 9.17) is 4.74 Å². The summed E-state index contributed by atoms with van der Waals surface area (Å²) >= 11 is 0. The van der Waals surface area contributed by atoms with Crippen molar-refractivity contribution in [3.63, 3.8) is 0 Å². The number of hydrogen-bond acceptors (Lipinski definition) is 4. The quantitative estimate of drug-likeness (QED) is 0.656. The van der Waals surface area contributed by atoms with E-state index in [0.717, 1.165) is 32.4 Å². The second-order valence-electron chi connectivity index (χ2n) is 3.95. The second kappa shape index (κ2) is 6.45. The molecule has 1 N–H and O–H groups in total. The van der Waals surface area contributed by atoms with E-state index in [0.29, 0.717) is 18.9 Å². The van der Waals surface area contributed by atoms with Gasteiger partial charge in [0.15, 0.2) is 9.84 Å². The van der Waals surface area contributed by atoms with Crippen LogP contribution in [0.2, 0.25) is 0 Å². The van der Waals surface area contributed by atoms with Crippen LogP contribution >= 0.6 is 0 Å². The van der Waals surface area contributed by atoms with Gasteiger partial charge in [-0.15, -0.1) is 0 Å². The Kier molecular flexibility index (Phi) is 5.56. The Morgan fingerprint density at radius 1 is 1.40 bits per heavy atom. The molecule has 0 saturated carbocycles. The van der Waals surface area contributed by atoms with Crippen molar-refractivity contribution in [1.29, 1.82) is 0 Å². The van der Waals surface area contributed by atoms with Crippen molar-refractivity contribution in [1.82, 2.24) is 5.32 Å². The van der Waals surface area contributed by atoms with Gasteiger partial charge in [-0.3, -0.25) is 0 Å². The maximum Gasteiger partial charge on any atom is 0.154 e. The van der Waals surface area contributed by atoms with E-state index >= 15 is 0 Å². The third kappa shape index (κ3) is 4.49. The van der Waals surface area contributed by atoms with Gasteiger partial charge in [0.1, 0.15) is 0 Å². The van der Waals surface area contributed by atoms with Gasteiger partial charge in [-0.25, -0.2) is 8.42 Å². The molecule has 15 heavy (non-hydrogen) atoms. The Balaban J connectivity index is 2.05. The first kappa shape index (κ1) is 12.9. The number of sulfone groups is 1. The van der Waals surface area contributed by atoms with Crippen LogP contribution in [0.25, 0.3) is 0 Å². The van der Waals surface area contributed by atoms with E-state index in [2.05, 4.69) is 12.2 Å². The van der Waals surface area contributed by atoms with Gasteiger partial charge in [0.2, 0.25) is 0 Å². The van der Waals surface area contributed by atoms with Crippen molar-refractivity contribution in [3.8, 4) is 0 Å². The Hall–Kier alpha value is -0.130. The SMILES string of the molecule is CCCOCCNCC1CCCS1(=O)=O. The average Bonchev–Trinajstić information content (AvgIpc) is 2.52. The molecule has 90 valence electrons. The monoisotopic (exact) mass is 235 g/mol. The van der Waals surface area contributed by atoms with Crippen LogP contribution in [0.3, 0.4) is 0 Å². The molecule has 1 aliphatic heterocycles. The summed E-state index contributed by atoms with van der Waals surface area (Å²) in [4.78, 5) is 0. The summed E-state index contributed by atoms with van der Waals surface area (Å²) in [7, 11) is -2.79. The predicted molar refractivity (Wildman–Crippen MR) is 60.8 cm³/mol. The minimum Gasteiger partial charge on any atom is -0.380 e. The van der Waals surface area contributed by atoms with Gasteiger partial charge in [0.05, 0.1) is 17.6 Å². The summed E-state index contributed by atoms with van der Waals surface area (Å²) < 4.78 is 28.2. The van der Waals surface area contributed by atoms with Gasteiger partial charge in [0.25, 0.3) is 0 Å². The first-order valence-electron chi connectivity index (χ1n) is 5.67. The lowest BCUT2D eigenvalue weighted by Crippen LogP contribution is -2.32. The molecule has 1 saturated heterocycles. The average molecular weight is 235 g/mol. The molecule has 0 spiro atoms. The second-order valence-corrected chi connectivity index (χ2v) is 6.35. The normalized spacial score (nSPS) is 24.5. The fourth-order valence-corrected chi connectivity index (χ4v) is 3.54. The largest absolute Gasteiger partial charge is 0.380 e. The van der Waals surface area contributed by atoms with Crippen molar-refractivity contribution < 1.29 is 13.2 Å². The standard InChI is InChI=1S/C10H21NO3S/c1-2-6-14-7-5-11-9-10-4-3-8-15(10,12)13/h10-11H,2-9H2,1H3. The van der Waals surface area contributed by atoms with E-state index in [9.17, 15) is 8.42 Å². The molecular weight excluding hydrogens is 214 g/mol. The van der Waals surface area contributed by atoms with Crippen molar-refractivity contribution in [2.45, 2.75) is 31.4 Å². The Morgan fingerprint density at radius 3 is 2.80 bits per heavy atom. The van der Waals surface area contributed by atoms with Crippen LogP contribution in [0.15, 0.2) is 0 Å². The van der Waals surface area contributed by atoms with Crippen molar-refractivity contribution in [3.05, 3.63) is 0 Å². The molecule has 0 amide bonds. The molecule has 1 atom stereocenters. The molecule has 5 heteroatoms. The first-order chi connectivity index (χ1) is 7.17. The fourth-order valence-electron chi connectivity index (χ4n) is 1.74. The highest BCUT2D eigenvalue weighted by molar-refractivity contribution is 7.92. The minimum atomic E-state index is -2.79. The lowest BCUT2D eigenvalue weighted by molar-refractivity contribution is 0.136. The van der Waals surface area contributed by atoms with Crippen LogP contribution in [-0.2, 0) is 14.6 Å². The zero-order valence-electron chi connectivity index (χ0n) is 9.37. The summed E-state index contributed by atoms with van der Waals surface area (Å²) in [5, 5.41) is 2.97. The highest BCUT2D eigenvalue weighted by atomic mass is 32.2. The highest BCUT2D eigenvalue weighted by Gasteiger charge is 2.30. The van der Waals surface area contributed by atoms with E-state index in [1.54, 1.807) is 0 Å². The van der Waals surface area contributed by atoms with Crippen LogP contribution in [0.1, 0.15) is 26.2 Å². The van der Waals surface area contributed by atoms with Gasteiger partial charge >= 0.3 is 0 Å². The predicted octanol–water partition coefficient (Wildman–Crippen LogP) is 0.580. The van der Waals surface area contributed by atoms with Gasteiger partial charge < -0.3 is 10.1 Å². The summed E-state index contributed by atoms with van der Waals surface area (Å²) in [6, 6.07) is 0. The first-order valence-corrected chi connectivity index (χ1v) is 7.38. The van der Waals surface area contributed by atoms with Crippen LogP contribution in [0.5, 0.6) is 0 Å². The van der Waals surface area contributed by atoms with Gasteiger partial charge in [-0.1, -0.05) is 6.92 Å². The molecule has 0 bridgehead atoms. The molecule has 0 radical (unpaired) electrons. The fraction of sp³-hybridized carbons (Fsp3) is 1.00. The van der Waals surface area contributed by atoms with Crippen LogP contribution in [-0.4, -0.2) is 45.7 Å². The molecule has 0 aromatic heterocycles. The van der Waals surface area contributed by atoms with Gasteiger partial charge in [-0.2, -0.15) is 0 Å². The maximum atomic E-state index is 11.5. The Labute approximate surface area is 92.3 Å². The molecule has 0 aromatic rings. The van der Waals surface area contributed by atoms with Crippen LogP contribution in [0, 0.1) is 0 Å². The molecule has 1 heterocycles. The molecular formula is C10H21NO3S.